The Balaban J connectivity index is 2.35. The standard InChI is InChI=1S/C15H23N5O/c1-6-8-16-14-11(4)15(18-12(7-2)17-14)21-13-9-10(3)19-20(13)5/h9H,6-8H2,1-5H3,(H,16,17,18). The smallest absolute Gasteiger partial charge is 0.229 e. The molecule has 0 aliphatic rings. The third kappa shape index (κ3) is 3.51. The van der Waals surface area contributed by atoms with E-state index in [0.717, 1.165) is 42.3 Å². The maximum absolute atomic E-state index is 5.93. The predicted octanol–water partition coefficient (Wildman–Crippen LogP) is 3.00. The van der Waals surface area contributed by atoms with Crippen LogP contribution in [0.4, 0.5) is 5.82 Å². The predicted molar refractivity (Wildman–Crippen MR) is 82.9 cm³/mol. The number of aryl methyl sites for hydroxylation is 3. The fourth-order valence-corrected chi connectivity index (χ4v) is 1.99. The highest BCUT2D eigenvalue weighted by Crippen LogP contribution is 2.27. The second kappa shape index (κ2) is 6.56. The van der Waals surface area contributed by atoms with Crippen molar-refractivity contribution in [1.82, 2.24) is 19.7 Å². The van der Waals surface area contributed by atoms with Gasteiger partial charge in [-0.15, -0.1) is 0 Å². The molecule has 2 heterocycles. The first-order valence-corrected chi connectivity index (χ1v) is 7.35. The molecule has 1 N–H and O–H groups in total. The number of nitrogens with one attached hydrogen (secondary N) is 1. The normalized spacial score (nSPS) is 10.7. The molecule has 0 spiro atoms. The van der Waals surface area contributed by atoms with E-state index >= 15 is 0 Å². The maximum atomic E-state index is 5.93. The average molecular weight is 289 g/mol. The van der Waals surface area contributed by atoms with Gasteiger partial charge in [-0.05, 0) is 20.3 Å². The van der Waals surface area contributed by atoms with Crippen molar-refractivity contribution in [2.75, 3.05) is 11.9 Å². The van der Waals surface area contributed by atoms with Gasteiger partial charge in [0.15, 0.2) is 0 Å². The second-order valence-corrected chi connectivity index (χ2v) is 5.05. The van der Waals surface area contributed by atoms with E-state index in [-0.39, 0.29) is 0 Å². The number of hydrogen-bond acceptors (Lipinski definition) is 5. The highest BCUT2D eigenvalue weighted by molar-refractivity contribution is 5.49. The Morgan fingerprint density at radius 3 is 2.57 bits per heavy atom. The monoisotopic (exact) mass is 289 g/mol. The summed E-state index contributed by atoms with van der Waals surface area (Å²) in [5.74, 6) is 2.88. The number of aromatic nitrogens is 4. The van der Waals surface area contributed by atoms with Gasteiger partial charge in [0.05, 0.1) is 11.3 Å². The van der Waals surface area contributed by atoms with Crippen LogP contribution < -0.4 is 10.1 Å². The highest BCUT2D eigenvalue weighted by Gasteiger charge is 2.14. The molecule has 0 aliphatic carbocycles. The van der Waals surface area contributed by atoms with E-state index < -0.39 is 0 Å². The molecule has 0 radical (unpaired) electrons. The minimum Gasteiger partial charge on any atom is -0.420 e. The van der Waals surface area contributed by atoms with Gasteiger partial charge in [0.2, 0.25) is 11.8 Å². The molecule has 0 atom stereocenters. The lowest BCUT2D eigenvalue weighted by Crippen LogP contribution is -2.09. The van der Waals surface area contributed by atoms with Crippen molar-refractivity contribution < 1.29 is 4.74 Å². The zero-order valence-electron chi connectivity index (χ0n) is 13.4. The Morgan fingerprint density at radius 1 is 1.24 bits per heavy atom. The van der Waals surface area contributed by atoms with E-state index in [9.17, 15) is 0 Å². The maximum Gasteiger partial charge on any atom is 0.229 e. The Bertz CT molecular complexity index is 621. The van der Waals surface area contributed by atoms with Gasteiger partial charge < -0.3 is 10.1 Å². The van der Waals surface area contributed by atoms with Crippen LogP contribution >= 0.6 is 0 Å². The highest BCUT2D eigenvalue weighted by atomic mass is 16.5. The van der Waals surface area contributed by atoms with E-state index in [1.807, 2.05) is 33.9 Å². The summed E-state index contributed by atoms with van der Waals surface area (Å²) in [6.07, 6.45) is 1.81. The Kier molecular flexibility index (Phi) is 4.77. The van der Waals surface area contributed by atoms with Crippen LogP contribution in [0.25, 0.3) is 0 Å². The summed E-state index contributed by atoms with van der Waals surface area (Å²) < 4.78 is 7.64. The lowest BCUT2D eigenvalue weighted by molar-refractivity contribution is 0.410. The van der Waals surface area contributed by atoms with E-state index in [1.165, 1.54) is 0 Å². The minimum absolute atomic E-state index is 0.587. The Hall–Kier alpha value is -2.11. The molecule has 6 heteroatoms. The van der Waals surface area contributed by atoms with Gasteiger partial charge in [-0.1, -0.05) is 13.8 Å². The summed E-state index contributed by atoms with van der Waals surface area (Å²) in [6, 6.07) is 1.90. The van der Waals surface area contributed by atoms with Gasteiger partial charge in [0, 0.05) is 26.1 Å². The molecular weight excluding hydrogens is 266 g/mol. The topological polar surface area (TPSA) is 64.9 Å². The van der Waals surface area contributed by atoms with Crippen molar-refractivity contribution in [1.29, 1.82) is 0 Å². The van der Waals surface area contributed by atoms with Crippen LogP contribution in [0.2, 0.25) is 0 Å². The third-order valence-corrected chi connectivity index (χ3v) is 3.17. The summed E-state index contributed by atoms with van der Waals surface area (Å²) in [4.78, 5) is 9.02. The largest absolute Gasteiger partial charge is 0.420 e. The van der Waals surface area contributed by atoms with Gasteiger partial charge >= 0.3 is 0 Å². The zero-order valence-corrected chi connectivity index (χ0v) is 13.4. The summed E-state index contributed by atoms with van der Waals surface area (Å²) in [5.41, 5.74) is 1.83. The van der Waals surface area contributed by atoms with Crippen LogP contribution in [-0.4, -0.2) is 26.3 Å². The first-order chi connectivity index (χ1) is 10.0. The fraction of sp³-hybridized carbons (Fsp3) is 0.533. The lowest BCUT2D eigenvalue weighted by atomic mass is 10.3. The van der Waals surface area contributed by atoms with Gasteiger partial charge in [-0.3, -0.25) is 0 Å². The molecule has 0 unspecified atom stereocenters. The van der Waals surface area contributed by atoms with Crippen molar-refractivity contribution in [2.24, 2.45) is 7.05 Å². The summed E-state index contributed by atoms with van der Waals surface area (Å²) in [6.45, 7) is 8.94. The van der Waals surface area contributed by atoms with Crippen molar-refractivity contribution in [3.63, 3.8) is 0 Å². The fourth-order valence-electron chi connectivity index (χ4n) is 1.99. The van der Waals surface area contributed by atoms with Crippen molar-refractivity contribution in [2.45, 2.75) is 40.5 Å². The van der Waals surface area contributed by atoms with Crippen LogP contribution in [0.3, 0.4) is 0 Å². The number of ether oxygens (including phenoxy) is 1. The molecule has 2 aromatic rings. The van der Waals surface area contributed by atoms with Gasteiger partial charge in [-0.2, -0.15) is 10.1 Å². The summed E-state index contributed by atoms with van der Waals surface area (Å²) >= 11 is 0. The van der Waals surface area contributed by atoms with Gasteiger partial charge in [0.1, 0.15) is 11.6 Å². The molecule has 2 rings (SSSR count). The molecule has 2 aromatic heterocycles. The first-order valence-electron chi connectivity index (χ1n) is 7.35. The molecule has 0 bridgehead atoms. The molecule has 0 aromatic carbocycles. The minimum atomic E-state index is 0.587. The molecule has 0 fully saturated rings. The van der Waals surface area contributed by atoms with Crippen molar-refractivity contribution in [3.8, 4) is 11.8 Å². The number of nitrogens with zero attached hydrogens (tertiary/aromatic N) is 4. The van der Waals surface area contributed by atoms with E-state index in [2.05, 4.69) is 27.3 Å². The molecule has 0 saturated carbocycles. The molecule has 0 amide bonds. The first kappa shape index (κ1) is 15.3. The van der Waals surface area contributed by atoms with Crippen LogP contribution in [-0.2, 0) is 13.5 Å². The van der Waals surface area contributed by atoms with Crippen LogP contribution in [0.1, 0.15) is 37.4 Å². The van der Waals surface area contributed by atoms with E-state index in [0.29, 0.717) is 11.8 Å². The number of rotatable bonds is 6. The molecule has 0 aliphatic heterocycles. The SMILES string of the molecule is CCCNc1nc(CC)nc(Oc2cc(C)nn2C)c1C. The molecular formula is C15H23N5O. The number of hydrogen-bond donors (Lipinski definition) is 1. The van der Waals surface area contributed by atoms with E-state index in [4.69, 9.17) is 4.74 Å². The average Bonchev–Trinajstić information content (AvgIpc) is 2.77. The molecule has 114 valence electrons. The van der Waals surface area contributed by atoms with Crippen LogP contribution in [0, 0.1) is 13.8 Å². The zero-order chi connectivity index (χ0) is 15.4. The van der Waals surface area contributed by atoms with Gasteiger partial charge in [-0.25, -0.2) is 9.67 Å². The Labute approximate surface area is 125 Å². The molecule has 21 heavy (non-hydrogen) atoms. The van der Waals surface area contributed by atoms with Crippen LogP contribution in [0.5, 0.6) is 11.8 Å². The molecule has 0 saturated heterocycles. The van der Waals surface area contributed by atoms with Crippen molar-refractivity contribution in [3.05, 3.63) is 23.1 Å². The summed E-state index contributed by atoms with van der Waals surface area (Å²) in [5, 5.41) is 7.61. The van der Waals surface area contributed by atoms with Gasteiger partial charge in [0.25, 0.3) is 0 Å². The summed E-state index contributed by atoms with van der Waals surface area (Å²) in [7, 11) is 1.86. The van der Waals surface area contributed by atoms with E-state index in [1.54, 1.807) is 4.68 Å². The molecule has 6 nitrogen and oxygen atoms in total. The quantitative estimate of drug-likeness (QED) is 0.885. The third-order valence-electron chi connectivity index (χ3n) is 3.17. The number of anilines is 1. The Morgan fingerprint density at radius 2 is 2.00 bits per heavy atom. The lowest BCUT2D eigenvalue weighted by Gasteiger charge is -2.13. The van der Waals surface area contributed by atoms with Crippen molar-refractivity contribution >= 4 is 5.82 Å². The van der Waals surface area contributed by atoms with Crippen LogP contribution in [0.15, 0.2) is 6.07 Å². The second-order valence-electron chi connectivity index (χ2n) is 5.05.